The molecular weight excluding hydrogens is 416 g/mol. The van der Waals surface area contributed by atoms with Crippen molar-refractivity contribution in [2.75, 3.05) is 25.1 Å². The van der Waals surface area contributed by atoms with Crippen molar-refractivity contribution in [1.82, 2.24) is 5.32 Å². The first-order chi connectivity index (χ1) is 14.8. The van der Waals surface area contributed by atoms with Crippen LogP contribution in [0.2, 0.25) is 0 Å². The molecule has 1 atom stereocenters. The van der Waals surface area contributed by atoms with Crippen molar-refractivity contribution in [2.45, 2.75) is 19.9 Å². The van der Waals surface area contributed by atoms with E-state index in [-0.39, 0.29) is 17.5 Å². The Morgan fingerprint density at radius 1 is 1.16 bits per heavy atom. The van der Waals surface area contributed by atoms with Crippen LogP contribution in [-0.4, -0.2) is 35.1 Å². The van der Waals surface area contributed by atoms with Gasteiger partial charge in [-0.1, -0.05) is 36.4 Å². The number of hydrogen-bond donors (Lipinski definition) is 1. The molecule has 0 spiro atoms. The molecule has 1 unspecified atom stereocenters. The van der Waals surface area contributed by atoms with Crippen LogP contribution >= 0.6 is 0 Å². The van der Waals surface area contributed by atoms with Crippen LogP contribution in [0, 0.1) is 0 Å². The second-order valence-electron chi connectivity index (χ2n) is 7.11. The summed E-state index contributed by atoms with van der Waals surface area (Å²) in [5, 5.41) is 2.81. The fraction of sp³-hybridized carbons (Fsp3) is 0.261. The molecule has 3 rings (SSSR count). The van der Waals surface area contributed by atoms with Gasteiger partial charge < -0.3 is 14.8 Å². The van der Waals surface area contributed by atoms with Crippen molar-refractivity contribution in [3.05, 3.63) is 71.2 Å². The van der Waals surface area contributed by atoms with E-state index in [1.165, 1.54) is 20.3 Å². The third kappa shape index (κ3) is 4.03. The fourth-order valence-electron chi connectivity index (χ4n) is 3.62. The molecule has 1 amide bonds. The second-order valence-corrected chi connectivity index (χ2v) is 8.91. The van der Waals surface area contributed by atoms with Crippen LogP contribution in [-0.2, 0) is 14.8 Å². The van der Waals surface area contributed by atoms with Gasteiger partial charge in [0.2, 0.25) is 0 Å². The number of carbonyl (C=O) groups is 1. The number of sulfonamides is 1. The minimum absolute atomic E-state index is 0.00309. The third-order valence-corrected chi connectivity index (χ3v) is 7.15. The number of methoxy groups -OCH3 is 2. The Morgan fingerprint density at radius 2 is 1.77 bits per heavy atom. The molecule has 8 heteroatoms. The highest BCUT2D eigenvalue weighted by atomic mass is 32.2. The van der Waals surface area contributed by atoms with Gasteiger partial charge in [0.25, 0.3) is 15.9 Å². The van der Waals surface area contributed by atoms with Crippen LogP contribution < -0.4 is 19.1 Å². The lowest BCUT2D eigenvalue weighted by atomic mass is 10.0. The predicted molar refractivity (Wildman–Crippen MR) is 122 cm³/mol. The molecule has 1 aliphatic rings. The van der Waals surface area contributed by atoms with E-state index >= 15 is 0 Å². The average Bonchev–Trinajstić information content (AvgIpc) is 2.76. The first kappa shape index (κ1) is 22.4. The van der Waals surface area contributed by atoms with Crippen molar-refractivity contribution in [2.24, 2.45) is 0 Å². The number of hydrogen-bond acceptors (Lipinski definition) is 5. The summed E-state index contributed by atoms with van der Waals surface area (Å²) in [6.45, 7) is 7.10. The summed E-state index contributed by atoms with van der Waals surface area (Å²) in [4.78, 5) is 12.9. The Kier molecular flexibility index (Phi) is 6.40. The van der Waals surface area contributed by atoms with Gasteiger partial charge >= 0.3 is 0 Å². The number of ether oxygens (including phenoxy) is 2. The van der Waals surface area contributed by atoms with E-state index in [2.05, 4.69) is 11.9 Å². The first-order valence-corrected chi connectivity index (χ1v) is 11.2. The highest BCUT2D eigenvalue weighted by molar-refractivity contribution is 7.97. The number of rotatable bonds is 7. The van der Waals surface area contributed by atoms with E-state index < -0.39 is 15.9 Å². The number of carbonyl (C=O) groups excluding carboxylic acids is 1. The zero-order valence-electron chi connectivity index (χ0n) is 18.0. The summed E-state index contributed by atoms with van der Waals surface area (Å²) in [5.74, 6) is 0.170. The Bertz CT molecular complexity index is 1140. The Labute approximate surface area is 183 Å². The molecule has 31 heavy (non-hydrogen) atoms. The molecule has 0 fully saturated rings. The Balaban J connectivity index is 2.14. The summed E-state index contributed by atoms with van der Waals surface area (Å²) in [6.07, 6.45) is 1.47. The van der Waals surface area contributed by atoms with Gasteiger partial charge in [-0.3, -0.25) is 9.10 Å². The normalized spacial score (nSPS) is 15.7. The van der Waals surface area contributed by atoms with Gasteiger partial charge in [-0.25, -0.2) is 8.42 Å². The molecule has 1 aliphatic heterocycles. The van der Waals surface area contributed by atoms with E-state index in [1.54, 1.807) is 19.1 Å². The summed E-state index contributed by atoms with van der Waals surface area (Å²) in [7, 11) is -1.15. The average molecular weight is 443 g/mol. The smallest absolute Gasteiger partial charge is 0.270 e. The maximum Gasteiger partial charge on any atom is 0.270 e. The zero-order valence-corrected chi connectivity index (χ0v) is 18.8. The van der Waals surface area contributed by atoms with Crippen molar-refractivity contribution in [1.29, 1.82) is 0 Å². The minimum Gasteiger partial charge on any atom is -0.493 e. The van der Waals surface area contributed by atoms with E-state index in [9.17, 15) is 13.2 Å². The summed E-state index contributed by atoms with van der Waals surface area (Å²) >= 11 is 0. The molecule has 0 aromatic heterocycles. The molecular formula is C23H26N2O5S. The Morgan fingerprint density at radius 3 is 2.35 bits per heavy atom. The lowest BCUT2D eigenvalue weighted by Crippen LogP contribution is -2.41. The van der Waals surface area contributed by atoms with Crippen LogP contribution in [0.3, 0.4) is 0 Å². The molecule has 1 heterocycles. The molecule has 0 bridgehead atoms. The van der Waals surface area contributed by atoms with Gasteiger partial charge in [0.05, 0.1) is 32.5 Å². The largest absolute Gasteiger partial charge is 0.493 e. The molecule has 2 aromatic carbocycles. The number of allylic oxidation sites excluding steroid dienone is 1. The van der Waals surface area contributed by atoms with Gasteiger partial charge in [0.1, 0.15) is 0 Å². The van der Waals surface area contributed by atoms with Crippen molar-refractivity contribution >= 4 is 27.2 Å². The number of anilines is 1. The Hall–Kier alpha value is -3.26. The topological polar surface area (TPSA) is 84.9 Å². The van der Waals surface area contributed by atoms with Gasteiger partial charge in [-0.05, 0) is 31.1 Å². The molecule has 0 saturated carbocycles. The lowest BCUT2D eigenvalue weighted by Gasteiger charge is -2.32. The van der Waals surface area contributed by atoms with Crippen LogP contribution in [0.25, 0.3) is 5.57 Å². The number of amides is 1. The monoisotopic (exact) mass is 442 g/mol. The van der Waals surface area contributed by atoms with Gasteiger partial charge in [-0.15, -0.1) is 6.58 Å². The minimum atomic E-state index is -4.13. The zero-order chi connectivity index (χ0) is 22.8. The summed E-state index contributed by atoms with van der Waals surface area (Å²) < 4.78 is 38.8. The van der Waals surface area contributed by atoms with Gasteiger partial charge in [0, 0.05) is 11.6 Å². The van der Waals surface area contributed by atoms with Gasteiger partial charge in [-0.2, -0.15) is 0 Å². The second kappa shape index (κ2) is 8.85. The third-order valence-electron chi connectivity index (χ3n) is 5.21. The van der Waals surface area contributed by atoms with Crippen LogP contribution in [0.15, 0.2) is 60.0 Å². The molecule has 0 aliphatic carbocycles. The summed E-state index contributed by atoms with van der Waals surface area (Å²) in [5.41, 5.74) is 2.20. The molecule has 7 nitrogen and oxygen atoms in total. The van der Waals surface area contributed by atoms with Crippen molar-refractivity contribution < 1.29 is 22.7 Å². The van der Waals surface area contributed by atoms with E-state index in [0.29, 0.717) is 28.3 Å². The number of nitrogens with one attached hydrogen (secondary N) is 1. The quantitative estimate of drug-likeness (QED) is 0.662. The van der Waals surface area contributed by atoms with Crippen LogP contribution in [0.5, 0.6) is 11.5 Å². The molecule has 164 valence electrons. The first-order valence-electron chi connectivity index (χ1n) is 9.73. The summed E-state index contributed by atoms with van der Waals surface area (Å²) in [6, 6.07) is 12.3. The number of fused-ring (bicyclic) bond motifs is 1. The number of benzene rings is 2. The molecule has 2 aromatic rings. The SMILES string of the molecule is C=CCN1c2cc(OC)c(OC)cc2C(C)=C(C(=O)NC(C)c2ccccc2)S1(=O)=O. The van der Waals surface area contributed by atoms with Crippen molar-refractivity contribution in [3.8, 4) is 11.5 Å². The van der Waals surface area contributed by atoms with Crippen LogP contribution in [0.1, 0.15) is 31.0 Å². The molecule has 1 N–H and O–H groups in total. The maximum absolute atomic E-state index is 13.5. The fourth-order valence-corrected chi connectivity index (χ4v) is 5.34. The molecule has 0 saturated heterocycles. The highest BCUT2D eigenvalue weighted by Gasteiger charge is 2.40. The van der Waals surface area contributed by atoms with Gasteiger partial charge in [0.15, 0.2) is 16.4 Å². The van der Waals surface area contributed by atoms with E-state index in [0.717, 1.165) is 9.87 Å². The van der Waals surface area contributed by atoms with Crippen LogP contribution in [0.4, 0.5) is 5.69 Å². The maximum atomic E-state index is 13.5. The predicted octanol–water partition coefficient (Wildman–Crippen LogP) is 3.65. The van der Waals surface area contributed by atoms with E-state index in [4.69, 9.17) is 9.47 Å². The standard InChI is InChI=1S/C23H26N2O5S/c1-6-12-25-19-14-21(30-5)20(29-4)13-18(19)15(2)22(31(25,27)28)23(26)24-16(3)17-10-8-7-9-11-17/h6-11,13-14,16H,1,12H2,2-5H3,(H,24,26). The molecule has 0 radical (unpaired) electrons. The van der Waals surface area contributed by atoms with E-state index in [1.807, 2.05) is 37.3 Å². The lowest BCUT2D eigenvalue weighted by molar-refractivity contribution is -0.117. The number of nitrogens with zero attached hydrogens (tertiary/aromatic N) is 1. The highest BCUT2D eigenvalue weighted by Crippen LogP contribution is 2.44. The van der Waals surface area contributed by atoms with Crippen molar-refractivity contribution in [3.63, 3.8) is 0 Å².